The number of aliphatic hydroxyl groups is 1. The van der Waals surface area contributed by atoms with Crippen LogP contribution in [0, 0.1) is 10.1 Å². The van der Waals surface area contributed by atoms with Crippen LogP contribution in [0.1, 0.15) is 0 Å². The number of aliphatic hydroxyl groups excluding tert-OH is 1. The van der Waals surface area contributed by atoms with E-state index in [1.54, 1.807) is 0 Å². The molecule has 0 aliphatic carbocycles. The lowest BCUT2D eigenvalue weighted by Gasteiger charge is -2.33. The molecular formula is C10H12BrN3O4. The van der Waals surface area contributed by atoms with Crippen LogP contribution in [-0.2, 0) is 4.74 Å². The first-order chi connectivity index (χ1) is 8.63. The molecule has 2 rings (SSSR count). The molecular weight excluding hydrogens is 306 g/mol. The summed E-state index contributed by atoms with van der Waals surface area (Å²) in [7, 11) is 0. The van der Waals surface area contributed by atoms with Crippen molar-refractivity contribution in [3.05, 3.63) is 27.0 Å². The SMILES string of the molecule is O=[N+]([O-])c1cncc(Br)c1N1CCOC(CO)C1. The van der Waals surface area contributed by atoms with Crippen LogP contribution in [0.2, 0.25) is 0 Å². The van der Waals surface area contributed by atoms with Gasteiger partial charge in [0.1, 0.15) is 11.9 Å². The number of hydrogen-bond donors (Lipinski definition) is 1. The molecule has 0 bridgehead atoms. The summed E-state index contributed by atoms with van der Waals surface area (Å²) in [6, 6.07) is 0. The van der Waals surface area contributed by atoms with Crippen LogP contribution in [0.25, 0.3) is 0 Å². The molecule has 1 fully saturated rings. The van der Waals surface area contributed by atoms with Gasteiger partial charge in [-0.05, 0) is 15.9 Å². The van der Waals surface area contributed by atoms with Crippen LogP contribution in [-0.4, -0.2) is 47.4 Å². The molecule has 0 saturated carbocycles. The Balaban J connectivity index is 2.34. The van der Waals surface area contributed by atoms with Crippen molar-refractivity contribution in [2.75, 3.05) is 31.2 Å². The Hall–Kier alpha value is -1.25. The molecule has 0 spiro atoms. The first-order valence-electron chi connectivity index (χ1n) is 5.38. The molecule has 7 nitrogen and oxygen atoms in total. The van der Waals surface area contributed by atoms with Gasteiger partial charge in [-0.3, -0.25) is 15.1 Å². The molecule has 1 unspecified atom stereocenters. The largest absolute Gasteiger partial charge is 0.394 e. The Labute approximate surface area is 112 Å². The van der Waals surface area contributed by atoms with Gasteiger partial charge in [-0.15, -0.1) is 0 Å². The van der Waals surface area contributed by atoms with Gasteiger partial charge in [0.15, 0.2) is 0 Å². The van der Waals surface area contributed by atoms with Crippen molar-refractivity contribution in [3.63, 3.8) is 0 Å². The Morgan fingerprint density at radius 3 is 3.11 bits per heavy atom. The van der Waals surface area contributed by atoms with Crippen molar-refractivity contribution in [1.29, 1.82) is 0 Å². The molecule has 1 aliphatic heterocycles. The lowest BCUT2D eigenvalue weighted by molar-refractivity contribution is -0.384. The van der Waals surface area contributed by atoms with E-state index in [1.165, 1.54) is 12.4 Å². The number of halogens is 1. The zero-order valence-corrected chi connectivity index (χ0v) is 11.0. The van der Waals surface area contributed by atoms with Gasteiger partial charge < -0.3 is 14.7 Å². The fourth-order valence-corrected chi connectivity index (χ4v) is 2.47. The van der Waals surface area contributed by atoms with E-state index < -0.39 is 4.92 Å². The lowest BCUT2D eigenvalue weighted by Crippen LogP contribution is -2.44. The fourth-order valence-electron chi connectivity index (χ4n) is 1.90. The first-order valence-corrected chi connectivity index (χ1v) is 6.18. The number of nitro groups is 1. The first kappa shape index (κ1) is 13.2. The lowest BCUT2D eigenvalue weighted by atomic mass is 10.2. The molecule has 1 aromatic heterocycles. The topological polar surface area (TPSA) is 88.7 Å². The molecule has 1 saturated heterocycles. The second kappa shape index (κ2) is 5.59. The standard InChI is InChI=1S/C10H12BrN3O4/c11-8-3-12-4-9(14(16)17)10(8)13-1-2-18-7(5-13)6-15/h3-4,7,15H,1-2,5-6H2. The van der Waals surface area contributed by atoms with E-state index in [0.717, 1.165) is 0 Å². The molecule has 98 valence electrons. The predicted molar refractivity (Wildman–Crippen MR) is 67.6 cm³/mol. The Morgan fingerprint density at radius 1 is 1.67 bits per heavy atom. The minimum absolute atomic E-state index is 0.0528. The van der Waals surface area contributed by atoms with Crippen LogP contribution in [0.5, 0.6) is 0 Å². The molecule has 0 aromatic carbocycles. The zero-order valence-electron chi connectivity index (χ0n) is 9.45. The summed E-state index contributed by atoms with van der Waals surface area (Å²) in [5.41, 5.74) is 0.430. The maximum Gasteiger partial charge on any atom is 0.311 e. The summed E-state index contributed by atoms with van der Waals surface area (Å²) in [5, 5.41) is 20.1. The van der Waals surface area contributed by atoms with Crippen molar-refractivity contribution in [3.8, 4) is 0 Å². The van der Waals surface area contributed by atoms with E-state index in [1.807, 2.05) is 4.90 Å². The van der Waals surface area contributed by atoms with Crippen LogP contribution in [0.3, 0.4) is 0 Å². The number of anilines is 1. The Bertz CT molecular complexity index is 457. The average molecular weight is 318 g/mol. The second-order valence-corrected chi connectivity index (χ2v) is 4.72. The van der Waals surface area contributed by atoms with Gasteiger partial charge in [-0.25, -0.2) is 0 Å². The van der Waals surface area contributed by atoms with Gasteiger partial charge in [-0.2, -0.15) is 0 Å². The van der Waals surface area contributed by atoms with Crippen molar-refractivity contribution in [2.45, 2.75) is 6.10 Å². The third-order valence-electron chi connectivity index (χ3n) is 2.71. The van der Waals surface area contributed by atoms with E-state index in [2.05, 4.69) is 20.9 Å². The number of pyridine rings is 1. The molecule has 1 aliphatic rings. The maximum absolute atomic E-state index is 11.0. The fraction of sp³-hybridized carbons (Fsp3) is 0.500. The minimum atomic E-state index is -0.462. The summed E-state index contributed by atoms with van der Waals surface area (Å²) in [6.45, 7) is 1.28. The van der Waals surface area contributed by atoms with Gasteiger partial charge in [0.25, 0.3) is 0 Å². The van der Waals surface area contributed by atoms with Crippen molar-refractivity contribution < 1.29 is 14.8 Å². The smallest absolute Gasteiger partial charge is 0.311 e. The number of hydrogen-bond acceptors (Lipinski definition) is 6. The molecule has 1 N–H and O–H groups in total. The highest BCUT2D eigenvalue weighted by molar-refractivity contribution is 9.10. The van der Waals surface area contributed by atoms with Crippen molar-refractivity contribution >= 4 is 27.3 Å². The molecule has 1 atom stereocenters. The molecule has 1 aromatic rings. The normalized spacial score (nSPS) is 19.9. The number of aromatic nitrogens is 1. The Kier molecular flexibility index (Phi) is 4.10. The van der Waals surface area contributed by atoms with Gasteiger partial charge in [-0.1, -0.05) is 0 Å². The maximum atomic E-state index is 11.0. The number of rotatable bonds is 3. The van der Waals surface area contributed by atoms with Crippen molar-refractivity contribution in [1.82, 2.24) is 4.98 Å². The summed E-state index contributed by atoms with van der Waals surface area (Å²) in [4.78, 5) is 16.2. The average Bonchev–Trinajstić information content (AvgIpc) is 2.38. The molecule has 0 amide bonds. The summed E-state index contributed by atoms with van der Waals surface area (Å²) in [5.74, 6) is 0. The summed E-state index contributed by atoms with van der Waals surface area (Å²) >= 11 is 3.28. The third kappa shape index (κ3) is 2.60. The third-order valence-corrected chi connectivity index (χ3v) is 3.29. The highest BCUT2D eigenvalue weighted by Gasteiger charge is 2.27. The Morgan fingerprint density at radius 2 is 2.44 bits per heavy atom. The number of morpholine rings is 1. The quantitative estimate of drug-likeness (QED) is 0.659. The van der Waals surface area contributed by atoms with Crippen LogP contribution >= 0.6 is 15.9 Å². The van der Waals surface area contributed by atoms with Gasteiger partial charge in [0.2, 0.25) is 0 Å². The van der Waals surface area contributed by atoms with Crippen LogP contribution in [0.4, 0.5) is 11.4 Å². The van der Waals surface area contributed by atoms with Crippen molar-refractivity contribution in [2.24, 2.45) is 0 Å². The van der Waals surface area contributed by atoms with Gasteiger partial charge in [0, 0.05) is 19.3 Å². The second-order valence-electron chi connectivity index (χ2n) is 3.87. The van der Waals surface area contributed by atoms with E-state index in [-0.39, 0.29) is 18.4 Å². The number of nitrogens with zero attached hydrogens (tertiary/aromatic N) is 3. The summed E-state index contributed by atoms with van der Waals surface area (Å²) < 4.78 is 5.89. The minimum Gasteiger partial charge on any atom is -0.394 e. The predicted octanol–water partition coefficient (Wildman–Crippen LogP) is 0.950. The molecule has 2 heterocycles. The van der Waals surface area contributed by atoms with E-state index in [0.29, 0.717) is 29.9 Å². The van der Waals surface area contributed by atoms with E-state index in [9.17, 15) is 10.1 Å². The van der Waals surface area contributed by atoms with E-state index >= 15 is 0 Å². The molecule has 0 radical (unpaired) electrons. The van der Waals surface area contributed by atoms with E-state index in [4.69, 9.17) is 9.84 Å². The molecule has 18 heavy (non-hydrogen) atoms. The molecule has 8 heteroatoms. The van der Waals surface area contributed by atoms with Crippen LogP contribution in [0.15, 0.2) is 16.9 Å². The highest BCUT2D eigenvalue weighted by atomic mass is 79.9. The summed E-state index contributed by atoms with van der Waals surface area (Å²) in [6.07, 6.45) is 2.42. The monoisotopic (exact) mass is 317 g/mol. The van der Waals surface area contributed by atoms with Gasteiger partial charge in [0.05, 0.1) is 28.7 Å². The van der Waals surface area contributed by atoms with Crippen LogP contribution < -0.4 is 4.90 Å². The highest BCUT2D eigenvalue weighted by Crippen LogP contribution is 2.35. The zero-order chi connectivity index (χ0) is 13.1. The number of ether oxygens (including phenoxy) is 1. The van der Waals surface area contributed by atoms with Gasteiger partial charge >= 0.3 is 5.69 Å².